The molecule has 23 heavy (non-hydrogen) atoms. The highest BCUT2D eigenvalue weighted by molar-refractivity contribution is 5.94. The van der Waals surface area contributed by atoms with Gasteiger partial charge in [-0.1, -0.05) is 36.4 Å². The smallest absolute Gasteiger partial charge is 0.339 e. The molecule has 2 atom stereocenters. The standard InChI is InChI=1S/C18H16FNO3/c1-11(12-6-4-5-9-15(12)19)20-17(21)10-16-13-7-2-3-8-14(13)18(22)23-16/h2-9,11,16H,10H2,1H3,(H,20,21)/t11-,16-/m1/s1. The first-order valence-electron chi connectivity index (χ1n) is 7.40. The number of hydrogen-bond donors (Lipinski definition) is 1. The van der Waals surface area contributed by atoms with Gasteiger partial charge in [0, 0.05) is 11.1 Å². The minimum absolute atomic E-state index is 0.0154. The van der Waals surface area contributed by atoms with Crippen LogP contribution >= 0.6 is 0 Å². The topological polar surface area (TPSA) is 55.4 Å². The molecule has 1 N–H and O–H groups in total. The molecule has 0 radical (unpaired) electrons. The Morgan fingerprint density at radius 3 is 2.70 bits per heavy atom. The lowest BCUT2D eigenvalue weighted by Crippen LogP contribution is -2.28. The highest BCUT2D eigenvalue weighted by Crippen LogP contribution is 2.32. The van der Waals surface area contributed by atoms with Gasteiger partial charge in [0.15, 0.2) is 0 Å². The zero-order chi connectivity index (χ0) is 16.4. The van der Waals surface area contributed by atoms with Gasteiger partial charge in [-0.05, 0) is 19.1 Å². The predicted molar refractivity (Wildman–Crippen MR) is 82.2 cm³/mol. The van der Waals surface area contributed by atoms with Crippen molar-refractivity contribution in [1.82, 2.24) is 5.32 Å². The number of carbonyl (C=O) groups is 2. The maximum Gasteiger partial charge on any atom is 0.339 e. The number of esters is 1. The summed E-state index contributed by atoms with van der Waals surface area (Å²) in [5.74, 6) is -1.08. The third-order valence-corrected chi connectivity index (χ3v) is 3.90. The lowest BCUT2D eigenvalue weighted by molar-refractivity contribution is -0.123. The number of ether oxygens (including phenoxy) is 1. The molecule has 0 saturated heterocycles. The molecule has 1 aliphatic rings. The number of carbonyl (C=O) groups excluding carboxylic acids is 2. The van der Waals surface area contributed by atoms with Crippen LogP contribution in [0.25, 0.3) is 0 Å². The van der Waals surface area contributed by atoms with Gasteiger partial charge in [-0.15, -0.1) is 0 Å². The first-order valence-corrected chi connectivity index (χ1v) is 7.40. The Kier molecular flexibility index (Phi) is 4.10. The minimum atomic E-state index is -0.591. The lowest BCUT2D eigenvalue weighted by Gasteiger charge is -2.17. The first-order chi connectivity index (χ1) is 11.1. The molecule has 0 spiro atoms. The lowest BCUT2D eigenvalue weighted by atomic mass is 10.0. The highest BCUT2D eigenvalue weighted by Gasteiger charge is 2.32. The predicted octanol–water partition coefficient (Wildman–Crippen LogP) is 3.30. The van der Waals surface area contributed by atoms with Crippen LogP contribution < -0.4 is 5.32 Å². The highest BCUT2D eigenvalue weighted by atomic mass is 19.1. The molecular weight excluding hydrogens is 297 g/mol. The van der Waals surface area contributed by atoms with Crippen molar-refractivity contribution >= 4 is 11.9 Å². The molecule has 0 unspecified atom stereocenters. The van der Waals surface area contributed by atoms with Crippen LogP contribution in [0.2, 0.25) is 0 Å². The Morgan fingerprint density at radius 1 is 1.22 bits per heavy atom. The second-order valence-electron chi connectivity index (χ2n) is 5.50. The van der Waals surface area contributed by atoms with Crippen molar-refractivity contribution in [1.29, 1.82) is 0 Å². The normalized spacial score (nSPS) is 17.3. The largest absolute Gasteiger partial charge is 0.453 e. The third-order valence-electron chi connectivity index (χ3n) is 3.90. The Hall–Kier alpha value is -2.69. The fourth-order valence-electron chi connectivity index (χ4n) is 2.74. The summed E-state index contributed by atoms with van der Waals surface area (Å²) in [7, 11) is 0. The van der Waals surface area contributed by atoms with Crippen molar-refractivity contribution in [3.8, 4) is 0 Å². The van der Waals surface area contributed by atoms with Crippen LogP contribution in [0.5, 0.6) is 0 Å². The maximum absolute atomic E-state index is 13.7. The van der Waals surface area contributed by atoms with Crippen LogP contribution in [-0.4, -0.2) is 11.9 Å². The molecule has 0 fully saturated rings. The van der Waals surface area contributed by atoms with E-state index >= 15 is 0 Å². The number of nitrogens with one attached hydrogen (secondary N) is 1. The van der Waals surface area contributed by atoms with E-state index in [1.807, 2.05) is 0 Å². The van der Waals surface area contributed by atoms with Crippen molar-refractivity contribution in [3.05, 3.63) is 71.0 Å². The number of hydrogen-bond acceptors (Lipinski definition) is 3. The van der Waals surface area contributed by atoms with Crippen molar-refractivity contribution in [3.63, 3.8) is 0 Å². The van der Waals surface area contributed by atoms with Crippen molar-refractivity contribution in [2.75, 3.05) is 0 Å². The van der Waals surface area contributed by atoms with Crippen LogP contribution in [-0.2, 0) is 9.53 Å². The second kappa shape index (κ2) is 6.20. The van der Waals surface area contributed by atoms with Gasteiger partial charge in [-0.3, -0.25) is 4.79 Å². The SMILES string of the molecule is C[C@@H](NC(=O)C[C@H]1OC(=O)c2ccccc21)c1ccccc1F. The molecule has 4 nitrogen and oxygen atoms in total. The van der Waals surface area contributed by atoms with Crippen LogP contribution in [0.4, 0.5) is 4.39 Å². The number of cyclic esters (lactones) is 1. The summed E-state index contributed by atoms with van der Waals surface area (Å²) in [5, 5.41) is 2.74. The van der Waals surface area contributed by atoms with Gasteiger partial charge in [0.05, 0.1) is 18.0 Å². The Bertz CT molecular complexity index is 759. The summed E-state index contributed by atoms with van der Waals surface area (Å²) in [6.45, 7) is 1.71. The van der Waals surface area contributed by atoms with Gasteiger partial charge < -0.3 is 10.1 Å². The zero-order valence-electron chi connectivity index (χ0n) is 12.6. The summed E-state index contributed by atoms with van der Waals surface area (Å²) in [4.78, 5) is 23.9. The molecule has 0 bridgehead atoms. The van der Waals surface area contributed by atoms with E-state index in [1.165, 1.54) is 6.07 Å². The van der Waals surface area contributed by atoms with E-state index < -0.39 is 18.1 Å². The Labute approximate surface area is 133 Å². The van der Waals surface area contributed by atoms with E-state index in [0.717, 1.165) is 0 Å². The molecule has 5 heteroatoms. The fraction of sp³-hybridized carbons (Fsp3) is 0.222. The summed E-state index contributed by atoms with van der Waals surface area (Å²) < 4.78 is 19.0. The molecule has 0 aromatic heterocycles. The average Bonchev–Trinajstić information content (AvgIpc) is 2.84. The molecule has 2 aromatic rings. The number of benzene rings is 2. The maximum atomic E-state index is 13.7. The van der Waals surface area contributed by atoms with E-state index in [9.17, 15) is 14.0 Å². The van der Waals surface area contributed by atoms with E-state index in [1.54, 1.807) is 49.4 Å². The first kappa shape index (κ1) is 15.2. The minimum Gasteiger partial charge on any atom is -0.453 e. The molecule has 1 heterocycles. The third kappa shape index (κ3) is 3.08. The number of fused-ring (bicyclic) bond motifs is 1. The molecular formula is C18H16FNO3. The van der Waals surface area contributed by atoms with Gasteiger partial charge >= 0.3 is 5.97 Å². The summed E-state index contributed by atoms with van der Waals surface area (Å²) in [5.41, 5.74) is 1.63. The molecule has 2 aromatic carbocycles. The van der Waals surface area contributed by atoms with Crippen LogP contribution in [0.1, 0.15) is 47.0 Å². The van der Waals surface area contributed by atoms with Crippen LogP contribution in [0, 0.1) is 5.82 Å². The summed E-state index contributed by atoms with van der Waals surface area (Å²) >= 11 is 0. The van der Waals surface area contributed by atoms with Crippen molar-refractivity contribution in [2.45, 2.75) is 25.5 Å². The molecule has 1 aliphatic heterocycles. The van der Waals surface area contributed by atoms with Gasteiger partial charge in [-0.25, -0.2) is 9.18 Å². The monoisotopic (exact) mass is 313 g/mol. The van der Waals surface area contributed by atoms with Gasteiger partial charge in [-0.2, -0.15) is 0 Å². The van der Waals surface area contributed by atoms with Crippen molar-refractivity contribution in [2.24, 2.45) is 0 Å². The van der Waals surface area contributed by atoms with E-state index in [4.69, 9.17) is 4.74 Å². The molecule has 1 amide bonds. The molecule has 118 valence electrons. The fourth-order valence-corrected chi connectivity index (χ4v) is 2.74. The quantitative estimate of drug-likeness (QED) is 0.881. The van der Waals surface area contributed by atoms with Gasteiger partial charge in [0.1, 0.15) is 11.9 Å². The molecule has 0 saturated carbocycles. The van der Waals surface area contributed by atoms with Gasteiger partial charge in [0.2, 0.25) is 5.91 Å². The number of amides is 1. The van der Waals surface area contributed by atoms with E-state index in [-0.39, 0.29) is 18.1 Å². The van der Waals surface area contributed by atoms with Crippen LogP contribution in [0.15, 0.2) is 48.5 Å². The number of halogens is 1. The van der Waals surface area contributed by atoms with Gasteiger partial charge in [0.25, 0.3) is 0 Å². The van der Waals surface area contributed by atoms with E-state index in [0.29, 0.717) is 16.7 Å². The van der Waals surface area contributed by atoms with Crippen molar-refractivity contribution < 1.29 is 18.7 Å². The average molecular weight is 313 g/mol. The molecule has 0 aliphatic carbocycles. The Morgan fingerprint density at radius 2 is 1.91 bits per heavy atom. The number of rotatable bonds is 4. The zero-order valence-corrected chi connectivity index (χ0v) is 12.6. The Balaban J connectivity index is 1.67. The summed E-state index contributed by atoms with van der Waals surface area (Å²) in [6.07, 6.45) is -0.576. The van der Waals surface area contributed by atoms with Crippen LogP contribution in [0.3, 0.4) is 0 Å². The molecule has 3 rings (SSSR count). The van der Waals surface area contributed by atoms with E-state index in [2.05, 4.69) is 5.32 Å². The second-order valence-corrected chi connectivity index (χ2v) is 5.50. The summed E-state index contributed by atoms with van der Waals surface area (Å²) in [6, 6.07) is 12.8.